The van der Waals surface area contributed by atoms with Crippen molar-refractivity contribution in [1.82, 2.24) is 0 Å². The van der Waals surface area contributed by atoms with Crippen LogP contribution in [0.25, 0.3) is 6.08 Å². The van der Waals surface area contributed by atoms with Gasteiger partial charge in [-0.3, -0.25) is 0 Å². The van der Waals surface area contributed by atoms with Crippen LogP contribution in [0.3, 0.4) is 0 Å². The molecule has 4 nitrogen and oxygen atoms in total. The summed E-state index contributed by atoms with van der Waals surface area (Å²) in [6, 6.07) is 5.26. The van der Waals surface area contributed by atoms with Gasteiger partial charge in [0.15, 0.2) is 11.5 Å². The number of hydrogen-bond donors (Lipinski definition) is 1. The van der Waals surface area contributed by atoms with E-state index in [1.165, 1.54) is 6.08 Å². The molecular formula is C10H9ClO4. The highest BCUT2D eigenvalue weighted by Gasteiger charge is 2.12. The van der Waals surface area contributed by atoms with E-state index in [-0.39, 0.29) is 19.2 Å². The third-order valence-electron chi connectivity index (χ3n) is 1.81. The Morgan fingerprint density at radius 1 is 1.33 bits per heavy atom. The number of halogens is 1. The molecular weight excluding hydrogens is 220 g/mol. The fraction of sp³-hybridized carbons (Fsp3) is 0.100. The first kappa shape index (κ1) is 11.4. The van der Waals surface area contributed by atoms with Crippen molar-refractivity contribution in [2.75, 3.05) is 6.79 Å². The number of carboxylic acids is 1. The zero-order valence-electron chi connectivity index (χ0n) is 7.67. The van der Waals surface area contributed by atoms with E-state index >= 15 is 0 Å². The predicted molar refractivity (Wildman–Crippen MR) is 56.5 cm³/mol. The van der Waals surface area contributed by atoms with Crippen molar-refractivity contribution < 1.29 is 19.4 Å². The lowest BCUT2D eigenvalue weighted by molar-refractivity contribution is -0.131. The Kier molecular flexibility index (Phi) is 3.57. The molecule has 1 heterocycles. The Morgan fingerprint density at radius 2 is 2.07 bits per heavy atom. The molecule has 0 amide bonds. The van der Waals surface area contributed by atoms with Gasteiger partial charge in [-0.05, 0) is 23.8 Å². The van der Waals surface area contributed by atoms with E-state index in [4.69, 9.17) is 14.6 Å². The second-order valence-corrected chi connectivity index (χ2v) is 2.78. The number of rotatable bonds is 2. The van der Waals surface area contributed by atoms with Crippen LogP contribution in [0.4, 0.5) is 0 Å². The summed E-state index contributed by atoms with van der Waals surface area (Å²) in [6.45, 7) is 0.224. The molecule has 0 radical (unpaired) electrons. The normalized spacial score (nSPS) is 12.5. The summed E-state index contributed by atoms with van der Waals surface area (Å²) in [5.41, 5.74) is 0.775. The summed E-state index contributed by atoms with van der Waals surface area (Å²) in [7, 11) is 0. The number of benzene rings is 1. The summed E-state index contributed by atoms with van der Waals surface area (Å²) in [5, 5.41) is 8.43. The van der Waals surface area contributed by atoms with E-state index in [2.05, 4.69) is 0 Å². The van der Waals surface area contributed by atoms with Gasteiger partial charge in [-0.1, -0.05) is 6.07 Å². The molecule has 1 aromatic rings. The van der Waals surface area contributed by atoms with E-state index in [0.717, 1.165) is 11.6 Å². The molecule has 0 aliphatic carbocycles. The number of aliphatic carboxylic acids is 1. The average Bonchev–Trinajstić information content (AvgIpc) is 2.61. The lowest BCUT2D eigenvalue weighted by Gasteiger charge is -1.96. The van der Waals surface area contributed by atoms with Gasteiger partial charge in [-0.2, -0.15) is 0 Å². The molecule has 0 fully saturated rings. The van der Waals surface area contributed by atoms with E-state index in [9.17, 15) is 4.79 Å². The van der Waals surface area contributed by atoms with Crippen molar-refractivity contribution in [3.63, 3.8) is 0 Å². The zero-order valence-corrected chi connectivity index (χ0v) is 8.49. The topological polar surface area (TPSA) is 55.8 Å². The number of ether oxygens (including phenoxy) is 2. The highest BCUT2D eigenvalue weighted by molar-refractivity contribution is 5.85. The average molecular weight is 229 g/mol. The van der Waals surface area contributed by atoms with Crippen LogP contribution in [0.2, 0.25) is 0 Å². The molecule has 80 valence electrons. The molecule has 1 aromatic carbocycles. The molecule has 2 rings (SSSR count). The van der Waals surface area contributed by atoms with Gasteiger partial charge < -0.3 is 14.6 Å². The lowest BCUT2D eigenvalue weighted by atomic mass is 10.2. The molecule has 0 atom stereocenters. The summed E-state index contributed by atoms with van der Waals surface area (Å²) in [4.78, 5) is 10.3. The first-order chi connectivity index (χ1) is 6.75. The third-order valence-corrected chi connectivity index (χ3v) is 1.81. The predicted octanol–water partition coefficient (Wildman–Crippen LogP) is 1.93. The van der Waals surface area contributed by atoms with Crippen LogP contribution in [0, 0.1) is 0 Å². The summed E-state index contributed by atoms with van der Waals surface area (Å²) >= 11 is 0. The third kappa shape index (κ3) is 2.63. The molecule has 0 saturated carbocycles. The number of carbonyl (C=O) groups is 1. The summed E-state index contributed by atoms with van der Waals surface area (Å²) < 4.78 is 10.3. The number of fused-ring (bicyclic) bond motifs is 1. The molecule has 0 spiro atoms. The molecule has 0 aromatic heterocycles. The minimum atomic E-state index is -0.970. The van der Waals surface area contributed by atoms with Crippen molar-refractivity contribution in [3.05, 3.63) is 29.8 Å². The highest BCUT2D eigenvalue weighted by Crippen LogP contribution is 2.32. The van der Waals surface area contributed by atoms with E-state index in [1.807, 2.05) is 0 Å². The van der Waals surface area contributed by atoms with Crippen LogP contribution >= 0.6 is 12.4 Å². The maximum Gasteiger partial charge on any atom is 0.328 e. The van der Waals surface area contributed by atoms with Crippen molar-refractivity contribution in [3.8, 4) is 11.5 Å². The van der Waals surface area contributed by atoms with Crippen molar-refractivity contribution >= 4 is 24.5 Å². The van der Waals surface area contributed by atoms with E-state index < -0.39 is 5.97 Å². The second kappa shape index (κ2) is 4.70. The van der Waals surface area contributed by atoms with Crippen molar-refractivity contribution in [1.29, 1.82) is 0 Å². The Morgan fingerprint density at radius 3 is 2.80 bits per heavy atom. The molecule has 15 heavy (non-hydrogen) atoms. The molecule has 0 saturated heterocycles. The quantitative estimate of drug-likeness (QED) is 0.786. The molecule has 1 aliphatic rings. The van der Waals surface area contributed by atoms with E-state index in [1.54, 1.807) is 18.2 Å². The highest BCUT2D eigenvalue weighted by atomic mass is 35.5. The fourth-order valence-electron chi connectivity index (χ4n) is 1.18. The Labute approximate surface area is 92.5 Å². The molecule has 1 aliphatic heterocycles. The largest absolute Gasteiger partial charge is 0.478 e. The summed E-state index contributed by atoms with van der Waals surface area (Å²) in [6.07, 6.45) is 2.59. The van der Waals surface area contributed by atoms with Gasteiger partial charge in [0.05, 0.1) is 0 Å². The Hall–Kier alpha value is -1.68. The first-order valence-electron chi connectivity index (χ1n) is 4.06. The van der Waals surface area contributed by atoms with Gasteiger partial charge in [0.25, 0.3) is 0 Å². The molecule has 1 N–H and O–H groups in total. The van der Waals surface area contributed by atoms with Gasteiger partial charge in [0.2, 0.25) is 6.79 Å². The standard InChI is InChI=1S/C10H8O4.ClH/c11-10(12)4-2-7-1-3-8-9(5-7)14-6-13-8;/h1-5H,6H2,(H,11,12);1H. The monoisotopic (exact) mass is 228 g/mol. The van der Waals surface area contributed by atoms with Crippen LogP contribution < -0.4 is 9.47 Å². The van der Waals surface area contributed by atoms with Gasteiger partial charge >= 0.3 is 5.97 Å². The maximum atomic E-state index is 10.3. The summed E-state index contributed by atoms with van der Waals surface area (Å²) in [5.74, 6) is 0.373. The van der Waals surface area contributed by atoms with Crippen molar-refractivity contribution in [2.24, 2.45) is 0 Å². The van der Waals surface area contributed by atoms with Crippen molar-refractivity contribution in [2.45, 2.75) is 0 Å². The molecule has 0 bridgehead atoms. The second-order valence-electron chi connectivity index (χ2n) is 2.78. The smallest absolute Gasteiger partial charge is 0.328 e. The van der Waals surface area contributed by atoms with Crippen LogP contribution in [0.1, 0.15) is 5.56 Å². The maximum absolute atomic E-state index is 10.3. The minimum Gasteiger partial charge on any atom is -0.478 e. The first-order valence-corrected chi connectivity index (χ1v) is 4.06. The van der Waals surface area contributed by atoms with E-state index in [0.29, 0.717) is 11.5 Å². The molecule has 0 unspecified atom stereocenters. The van der Waals surface area contributed by atoms with Crippen LogP contribution in [-0.2, 0) is 4.79 Å². The minimum absolute atomic E-state index is 0. The Balaban J connectivity index is 0.00000112. The fourth-order valence-corrected chi connectivity index (χ4v) is 1.18. The number of hydrogen-bond acceptors (Lipinski definition) is 3. The van der Waals surface area contributed by atoms with Gasteiger partial charge in [0, 0.05) is 6.08 Å². The SMILES string of the molecule is Cl.O=C(O)C=Cc1ccc2c(c1)OCO2. The molecule has 5 heteroatoms. The van der Waals surface area contributed by atoms with Gasteiger partial charge in [0.1, 0.15) is 0 Å². The van der Waals surface area contributed by atoms with Gasteiger partial charge in [-0.25, -0.2) is 4.79 Å². The van der Waals surface area contributed by atoms with Gasteiger partial charge in [-0.15, -0.1) is 12.4 Å². The van der Waals surface area contributed by atoms with Crippen LogP contribution in [-0.4, -0.2) is 17.9 Å². The Bertz CT molecular complexity index is 400. The number of carboxylic acid groups (broad SMARTS) is 1. The van der Waals surface area contributed by atoms with Crippen LogP contribution in [0.5, 0.6) is 11.5 Å². The van der Waals surface area contributed by atoms with Crippen LogP contribution in [0.15, 0.2) is 24.3 Å². The zero-order chi connectivity index (χ0) is 9.97. The lowest BCUT2D eigenvalue weighted by Crippen LogP contribution is -1.92.